The highest BCUT2D eigenvalue weighted by Gasteiger charge is 2.47. The lowest BCUT2D eigenvalue weighted by atomic mass is 9.87. The Morgan fingerprint density at radius 2 is 2.11 bits per heavy atom. The van der Waals surface area contributed by atoms with Gasteiger partial charge >= 0.3 is 5.97 Å². The second-order valence-corrected chi connectivity index (χ2v) is 8.26. The Bertz CT molecular complexity index is 805. The molecule has 4 rings (SSSR count). The van der Waals surface area contributed by atoms with E-state index >= 15 is 0 Å². The first-order chi connectivity index (χ1) is 13.0. The number of aromatic carboxylic acids is 1. The third kappa shape index (κ3) is 3.85. The highest BCUT2D eigenvalue weighted by molar-refractivity contribution is 7.09. The van der Waals surface area contributed by atoms with Crippen molar-refractivity contribution in [2.75, 3.05) is 6.61 Å². The number of rotatable bonds is 5. The Morgan fingerprint density at radius 1 is 1.33 bits per heavy atom. The van der Waals surface area contributed by atoms with Crippen molar-refractivity contribution < 1.29 is 24.5 Å². The minimum Gasteiger partial charge on any atom is -0.493 e. The van der Waals surface area contributed by atoms with Gasteiger partial charge in [0.25, 0.3) is 0 Å². The van der Waals surface area contributed by atoms with Gasteiger partial charge in [0, 0.05) is 17.7 Å². The highest BCUT2D eigenvalue weighted by atomic mass is 32.1. The maximum Gasteiger partial charge on any atom is 0.355 e. The van der Waals surface area contributed by atoms with Crippen molar-refractivity contribution in [2.45, 2.75) is 44.5 Å². The smallest absolute Gasteiger partial charge is 0.355 e. The first-order valence-electron chi connectivity index (χ1n) is 9.23. The molecular formula is C20H23NO5S. The van der Waals surface area contributed by atoms with Crippen molar-refractivity contribution in [3.05, 3.63) is 45.9 Å². The molecule has 144 valence electrons. The van der Waals surface area contributed by atoms with Crippen LogP contribution in [0.1, 0.15) is 46.4 Å². The van der Waals surface area contributed by atoms with Crippen LogP contribution in [0.4, 0.5) is 0 Å². The minimum absolute atomic E-state index is 0.0393. The van der Waals surface area contributed by atoms with Gasteiger partial charge in [0.1, 0.15) is 16.9 Å². The number of hydrogen-bond donors (Lipinski definition) is 2. The van der Waals surface area contributed by atoms with Crippen LogP contribution >= 0.6 is 11.3 Å². The zero-order valence-corrected chi connectivity index (χ0v) is 15.9. The summed E-state index contributed by atoms with van der Waals surface area (Å²) in [6, 6.07) is 7.92. The Hall–Kier alpha value is -1.96. The van der Waals surface area contributed by atoms with Gasteiger partial charge in [-0.2, -0.15) is 0 Å². The van der Waals surface area contributed by atoms with E-state index in [0.29, 0.717) is 18.0 Å². The van der Waals surface area contributed by atoms with Crippen molar-refractivity contribution in [3.63, 3.8) is 0 Å². The van der Waals surface area contributed by atoms with Gasteiger partial charge in [0.05, 0.1) is 18.8 Å². The monoisotopic (exact) mass is 389 g/mol. The Labute approximate surface area is 161 Å². The van der Waals surface area contributed by atoms with Crippen molar-refractivity contribution in [3.8, 4) is 5.75 Å². The Balaban J connectivity index is 1.38. The second-order valence-electron chi connectivity index (χ2n) is 7.37. The molecular weight excluding hydrogens is 366 g/mol. The first kappa shape index (κ1) is 18.4. The molecule has 5 atom stereocenters. The molecule has 1 aliphatic heterocycles. The summed E-state index contributed by atoms with van der Waals surface area (Å²) < 4.78 is 12.1. The lowest BCUT2D eigenvalue weighted by molar-refractivity contribution is -0.0811. The third-order valence-corrected chi connectivity index (χ3v) is 6.51. The molecule has 2 fully saturated rings. The van der Waals surface area contributed by atoms with E-state index in [4.69, 9.17) is 14.6 Å². The highest BCUT2D eigenvalue weighted by Crippen LogP contribution is 2.46. The number of aryl methyl sites for hydroxylation is 1. The fraction of sp³-hybridized carbons (Fsp3) is 0.500. The van der Waals surface area contributed by atoms with Crippen LogP contribution in [-0.2, 0) is 4.74 Å². The molecule has 0 unspecified atom stereocenters. The number of carboxylic acid groups (broad SMARTS) is 1. The number of benzene rings is 1. The lowest BCUT2D eigenvalue weighted by Crippen LogP contribution is -2.33. The number of aromatic nitrogens is 1. The summed E-state index contributed by atoms with van der Waals surface area (Å²) in [7, 11) is 0. The summed E-state index contributed by atoms with van der Waals surface area (Å²) in [4.78, 5) is 15.2. The van der Waals surface area contributed by atoms with E-state index in [1.807, 2.05) is 31.2 Å². The fourth-order valence-electron chi connectivity index (χ4n) is 4.10. The molecule has 2 aliphatic rings. The van der Waals surface area contributed by atoms with Gasteiger partial charge in [-0.3, -0.25) is 0 Å². The summed E-state index contributed by atoms with van der Waals surface area (Å²) in [5.41, 5.74) is 1.25. The van der Waals surface area contributed by atoms with Crippen LogP contribution in [0.2, 0.25) is 0 Å². The predicted molar refractivity (Wildman–Crippen MR) is 100 cm³/mol. The summed E-state index contributed by atoms with van der Waals surface area (Å²) in [5.74, 6) is 0.0920. The molecule has 0 radical (unpaired) electrons. The van der Waals surface area contributed by atoms with Crippen LogP contribution in [0, 0.1) is 18.8 Å². The molecule has 1 aromatic heterocycles. The maximum absolute atomic E-state index is 11.0. The van der Waals surface area contributed by atoms with Crippen molar-refractivity contribution in [1.29, 1.82) is 0 Å². The van der Waals surface area contributed by atoms with E-state index < -0.39 is 12.1 Å². The lowest BCUT2D eigenvalue weighted by Gasteiger charge is -2.33. The molecule has 0 bridgehead atoms. The standard InChI is InChI=1S/C20H23NO5S/c1-11-2-4-12(5-3-11)25-9-14-13-6-7-17(26-18(13)8-16(14)22)19-21-15(10-27-19)20(23)24/h2-5,10,13-14,16-18,22H,6-9H2,1H3,(H,23,24)/t13-,14+,16-,17-,18+/m1/s1. The van der Waals surface area contributed by atoms with Crippen molar-refractivity contribution in [2.24, 2.45) is 11.8 Å². The number of thiazole rings is 1. The SMILES string of the molecule is Cc1ccc(OC[C@H]2[C@H]3CC[C@H](c4nc(C(=O)O)cs4)O[C@H]3C[C@H]2O)cc1. The van der Waals surface area contributed by atoms with E-state index in [-0.39, 0.29) is 29.7 Å². The number of carbonyl (C=O) groups is 1. The van der Waals surface area contributed by atoms with Crippen molar-refractivity contribution in [1.82, 2.24) is 4.98 Å². The zero-order valence-electron chi connectivity index (χ0n) is 15.1. The zero-order chi connectivity index (χ0) is 19.0. The molecule has 1 saturated carbocycles. The number of nitrogens with zero attached hydrogens (tertiary/aromatic N) is 1. The van der Waals surface area contributed by atoms with Gasteiger partial charge in [-0.15, -0.1) is 11.3 Å². The van der Waals surface area contributed by atoms with Gasteiger partial charge in [0.2, 0.25) is 0 Å². The predicted octanol–water partition coefficient (Wildman–Crippen LogP) is 3.45. The van der Waals surface area contributed by atoms with Gasteiger partial charge in [-0.05, 0) is 37.8 Å². The van der Waals surface area contributed by atoms with Crippen LogP contribution in [0.3, 0.4) is 0 Å². The number of fused-ring (bicyclic) bond motifs is 1. The third-order valence-electron chi connectivity index (χ3n) is 5.58. The van der Waals surface area contributed by atoms with E-state index in [1.54, 1.807) is 5.38 Å². The quantitative estimate of drug-likeness (QED) is 0.814. The summed E-state index contributed by atoms with van der Waals surface area (Å²) in [5, 5.41) is 21.8. The molecule has 27 heavy (non-hydrogen) atoms. The first-order valence-corrected chi connectivity index (χ1v) is 10.1. The number of aliphatic hydroxyl groups excluding tert-OH is 1. The van der Waals surface area contributed by atoms with E-state index in [1.165, 1.54) is 16.9 Å². The van der Waals surface area contributed by atoms with Crippen LogP contribution in [0.5, 0.6) is 5.75 Å². The Morgan fingerprint density at radius 3 is 2.81 bits per heavy atom. The molecule has 1 saturated heterocycles. The number of carboxylic acids is 1. The van der Waals surface area contributed by atoms with Crippen LogP contribution in [0.25, 0.3) is 0 Å². The summed E-state index contributed by atoms with van der Waals surface area (Å²) in [6.07, 6.45) is 1.60. The molecule has 2 N–H and O–H groups in total. The molecule has 1 aromatic carbocycles. The van der Waals surface area contributed by atoms with Crippen LogP contribution < -0.4 is 4.74 Å². The minimum atomic E-state index is -1.02. The molecule has 2 heterocycles. The van der Waals surface area contributed by atoms with Crippen LogP contribution in [-0.4, -0.2) is 40.0 Å². The van der Waals surface area contributed by atoms with E-state index in [2.05, 4.69) is 4.98 Å². The van der Waals surface area contributed by atoms with Crippen molar-refractivity contribution >= 4 is 17.3 Å². The number of hydrogen-bond acceptors (Lipinski definition) is 6. The van der Waals surface area contributed by atoms with Gasteiger partial charge in [0.15, 0.2) is 5.69 Å². The topological polar surface area (TPSA) is 88.9 Å². The average molecular weight is 389 g/mol. The fourth-order valence-corrected chi connectivity index (χ4v) is 4.97. The Kier molecular flexibility index (Phi) is 5.16. The van der Waals surface area contributed by atoms with E-state index in [9.17, 15) is 9.90 Å². The van der Waals surface area contributed by atoms with Gasteiger partial charge in [-0.25, -0.2) is 9.78 Å². The maximum atomic E-state index is 11.0. The second kappa shape index (κ2) is 7.58. The molecule has 0 amide bonds. The normalized spacial score (nSPS) is 30.1. The van der Waals surface area contributed by atoms with Gasteiger partial charge < -0.3 is 19.7 Å². The molecule has 2 aromatic rings. The van der Waals surface area contributed by atoms with Crippen LogP contribution in [0.15, 0.2) is 29.6 Å². The molecule has 1 aliphatic carbocycles. The molecule has 6 nitrogen and oxygen atoms in total. The van der Waals surface area contributed by atoms with Gasteiger partial charge in [-0.1, -0.05) is 17.7 Å². The number of ether oxygens (including phenoxy) is 2. The molecule has 0 spiro atoms. The number of aliphatic hydroxyl groups is 1. The summed E-state index contributed by atoms with van der Waals surface area (Å²) >= 11 is 1.32. The van der Waals surface area contributed by atoms with E-state index in [0.717, 1.165) is 18.6 Å². The molecule has 7 heteroatoms. The largest absolute Gasteiger partial charge is 0.493 e. The average Bonchev–Trinajstić information content (AvgIpc) is 3.25. The summed E-state index contributed by atoms with van der Waals surface area (Å²) in [6.45, 7) is 2.51.